The van der Waals surface area contributed by atoms with E-state index in [2.05, 4.69) is 36.6 Å². The van der Waals surface area contributed by atoms with Crippen molar-refractivity contribution in [3.05, 3.63) is 135 Å². The summed E-state index contributed by atoms with van der Waals surface area (Å²) in [5.74, 6) is -14.3. The van der Waals surface area contributed by atoms with E-state index in [0.717, 1.165) is 32.5 Å². The Morgan fingerprint density at radius 1 is 0.703 bits per heavy atom. The molecule has 6 amide bonds. The SMILES string of the molecule is CC[C@@]1(OC(=O)OCCSSC[C@@H](CC(=O)[C@H](CC(=O)O)NC(=O)[C@@H](N)CNC(=O)[C@@H](CC(=O)[C@H](Cc2ccccc2)NC(=O)CCNC(=O)CC[C@H](NC(=O)N[C@@H](CCC(=O)O)OC=O)C(=O)O)Cc2ccccc2)C(=O)O)C(=O)OCc2c1cc1n(c2=O)Cc2cc3ccccc3nc2-1. The molecule has 538 valence electrons. The Kier molecular flexibility index (Phi) is 28.8. The Labute approximate surface area is 583 Å². The molecule has 0 fully saturated rings. The van der Waals surface area contributed by atoms with E-state index in [-0.39, 0.29) is 87.5 Å². The van der Waals surface area contributed by atoms with Gasteiger partial charge in [-0.15, -0.1) is 0 Å². The standard InChI is InChI=1S/C67H75N9O23S2/c1-2-67(44-30-50-58-41(27-39-15-9-10-16-46(39)72-58)33-76(50)61(88)43(44)34-97-64(67)93)99-66(95)96-23-24-100-101-35-42(62(89)90)29-52(79)49(31-57(84)85)73-60(87)45(68)32-70-59(86)40(25-37-11-5-3-6-12-37)28-51(78)48(26-38-13-7-4-8-14-38)71-54(81)21-22-69-53(80)18-17-47(63(91)92)74-65(94)75-55(98-36-77)19-20-56(82)83/h3-16,27,30,36,40,42,45,47-49,55H,2,17-26,28-29,31-35,68H2,1H3,(H,69,80)(H,70,86)(H,71,81)(H,73,87)(H,82,83)(H,84,85)(H,89,90)(H,91,92)(H2,74,75,94)/t40-,42-,45+,47+,48+,49+,55-,67+/m1/s1. The van der Waals surface area contributed by atoms with Gasteiger partial charge in [0.1, 0.15) is 25.3 Å². The first-order chi connectivity index (χ1) is 48.3. The van der Waals surface area contributed by atoms with Crippen LogP contribution in [0.2, 0.25) is 0 Å². The number of para-hydroxylation sites is 1. The van der Waals surface area contributed by atoms with E-state index in [0.29, 0.717) is 28.0 Å². The average Bonchev–Trinajstić information content (AvgIpc) is 1.66. The number of ether oxygens (including phenoxy) is 4. The minimum atomic E-state index is -2.05. The summed E-state index contributed by atoms with van der Waals surface area (Å²) >= 11 is 0. The van der Waals surface area contributed by atoms with Gasteiger partial charge in [-0.25, -0.2) is 24.2 Å². The molecule has 2 aliphatic rings. The molecular weight excluding hydrogens is 1360 g/mol. The van der Waals surface area contributed by atoms with Gasteiger partial charge in [0.15, 0.2) is 17.8 Å². The summed E-state index contributed by atoms with van der Waals surface area (Å²) in [6, 6.07) is 20.6. The number of fused-ring (bicyclic) bond motifs is 5. The Bertz CT molecular complexity index is 3970. The first-order valence-corrected chi connectivity index (χ1v) is 34.3. The number of carboxylic acids is 4. The van der Waals surface area contributed by atoms with Gasteiger partial charge in [0.25, 0.3) is 12.0 Å². The third-order valence-electron chi connectivity index (χ3n) is 16.3. The predicted molar refractivity (Wildman–Crippen MR) is 359 cm³/mol. The minimum absolute atomic E-state index is 0.0311. The highest BCUT2D eigenvalue weighted by Gasteiger charge is 2.51. The van der Waals surface area contributed by atoms with E-state index in [1.54, 1.807) is 73.7 Å². The molecule has 2 aliphatic heterocycles. The largest absolute Gasteiger partial charge is 0.509 e. The van der Waals surface area contributed by atoms with Gasteiger partial charge in [-0.05, 0) is 55.0 Å². The van der Waals surface area contributed by atoms with E-state index in [4.69, 9.17) is 30.0 Å². The molecule has 0 radical (unpaired) electrons. The minimum Gasteiger partial charge on any atom is -0.481 e. The molecule has 8 atom stereocenters. The molecular formula is C67H75N9O23S2. The number of carbonyl (C=O) groups excluding carboxylic acids is 10. The number of carboxylic acid groups (broad SMARTS) is 4. The second-order valence-corrected chi connectivity index (χ2v) is 26.1. The number of hydrogen-bond donors (Lipinski definition) is 11. The zero-order chi connectivity index (χ0) is 73.3. The molecule has 2 aromatic heterocycles. The van der Waals surface area contributed by atoms with Crippen LogP contribution in [0.25, 0.3) is 22.3 Å². The van der Waals surface area contributed by atoms with Gasteiger partial charge >= 0.3 is 42.0 Å². The van der Waals surface area contributed by atoms with Gasteiger partial charge in [-0.1, -0.05) is 107 Å². The molecule has 0 bridgehead atoms. The topological polar surface area (TPSA) is 490 Å². The summed E-state index contributed by atoms with van der Waals surface area (Å²) < 4.78 is 22.6. The Morgan fingerprint density at radius 3 is 2.04 bits per heavy atom. The molecule has 32 nitrogen and oxygen atoms in total. The predicted octanol–water partition coefficient (Wildman–Crippen LogP) is 2.63. The fourth-order valence-corrected chi connectivity index (χ4v) is 13.2. The lowest BCUT2D eigenvalue weighted by Crippen LogP contribution is -2.53. The number of Topliss-reactive ketones (excluding diaryl/α,β-unsaturated/α-hetero) is 2. The third-order valence-corrected chi connectivity index (χ3v) is 18.8. The van der Waals surface area contributed by atoms with Crippen LogP contribution in [-0.4, -0.2) is 175 Å². The highest BCUT2D eigenvalue weighted by Crippen LogP contribution is 2.41. The summed E-state index contributed by atoms with van der Waals surface area (Å²) in [6.07, 6.45) is -7.18. The smallest absolute Gasteiger partial charge is 0.481 e. The van der Waals surface area contributed by atoms with Crippen molar-refractivity contribution >= 4 is 116 Å². The quantitative estimate of drug-likeness (QED) is 0.00656. The number of amides is 6. The Morgan fingerprint density at radius 2 is 1.38 bits per heavy atom. The average molecular weight is 1440 g/mol. The number of aromatic nitrogens is 2. The molecule has 4 heterocycles. The van der Waals surface area contributed by atoms with E-state index in [1.165, 1.54) is 4.57 Å². The number of esters is 1. The maximum Gasteiger partial charge on any atom is 0.509 e. The molecule has 5 aromatic rings. The maximum atomic E-state index is 14.3. The highest BCUT2D eigenvalue weighted by atomic mass is 33.1. The number of nitrogens with zero attached hydrogens (tertiary/aromatic N) is 2. The van der Waals surface area contributed by atoms with E-state index in [9.17, 15) is 87.2 Å². The number of ketones is 2. The normalized spacial score (nSPS) is 15.4. The number of benzene rings is 3. The number of nitrogens with one attached hydrogen (secondary N) is 6. The number of pyridine rings is 2. The van der Waals surface area contributed by atoms with Crippen molar-refractivity contribution in [2.75, 3.05) is 31.2 Å². The van der Waals surface area contributed by atoms with Crippen molar-refractivity contribution in [2.45, 2.75) is 127 Å². The number of rotatable bonds is 41. The zero-order valence-corrected chi connectivity index (χ0v) is 56.1. The number of cyclic esters (lactones) is 1. The first-order valence-electron chi connectivity index (χ1n) is 31.8. The van der Waals surface area contributed by atoms with Crippen LogP contribution in [0.5, 0.6) is 0 Å². The van der Waals surface area contributed by atoms with Crippen LogP contribution in [-0.2, 0) is 108 Å². The molecule has 0 saturated heterocycles. The highest BCUT2D eigenvalue weighted by molar-refractivity contribution is 8.76. The van der Waals surface area contributed by atoms with Gasteiger partial charge in [0, 0.05) is 79.1 Å². The van der Waals surface area contributed by atoms with Crippen molar-refractivity contribution in [2.24, 2.45) is 17.6 Å². The van der Waals surface area contributed by atoms with Crippen LogP contribution in [0.3, 0.4) is 0 Å². The van der Waals surface area contributed by atoms with Crippen molar-refractivity contribution in [1.82, 2.24) is 41.5 Å². The number of aliphatic carboxylic acids is 4. The number of nitrogens with two attached hydrogens (primary N) is 1. The fourth-order valence-electron chi connectivity index (χ4n) is 11.0. The van der Waals surface area contributed by atoms with E-state index >= 15 is 0 Å². The van der Waals surface area contributed by atoms with Gasteiger partial charge in [0.2, 0.25) is 29.2 Å². The second-order valence-electron chi connectivity index (χ2n) is 23.4. The molecule has 3 aromatic carbocycles. The lowest BCUT2D eigenvalue weighted by atomic mass is 9.85. The lowest BCUT2D eigenvalue weighted by Gasteiger charge is -2.35. The molecule has 12 N–H and O–H groups in total. The van der Waals surface area contributed by atoms with Gasteiger partial charge in [0.05, 0.1) is 59.9 Å². The van der Waals surface area contributed by atoms with Gasteiger partial charge in [-0.2, -0.15) is 0 Å². The molecule has 7 rings (SSSR count). The Hall–Kier alpha value is -10.7. The third kappa shape index (κ3) is 22.4. The van der Waals surface area contributed by atoms with Crippen LogP contribution in [0, 0.1) is 11.8 Å². The van der Waals surface area contributed by atoms with Crippen LogP contribution < -0.4 is 43.2 Å². The summed E-state index contributed by atoms with van der Waals surface area (Å²) in [6.45, 7) is 0.201. The van der Waals surface area contributed by atoms with E-state index in [1.807, 2.05) is 30.3 Å². The summed E-state index contributed by atoms with van der Waals surface area (Å²) in [4.78, 5) is 198. The Balaban J connectivity index is 0.885. The van der Waals surface area contributed by atoms with Crippen molar-refractivity contribution in [3.63, 3.8) is 0 Å². The maximum absolute atomic E-state index is 14.3. The molecule has 101 heavy (non-hydrogen) atoms. The molecule has 0 unspecified atom stereocenters. The number of hydrogen-bond acceptors (Lipinski definition) is 23. The van der Waals surface area contributed by atoms with Gasteiger partial charge < -0.3 is 81.6 Å². The summed E-state index contributed by atoms with van der Waals surface area (Å²) in [5.41, 5.74) is 7.62. The van der Waals surface area contributed by atoms with Gasteiger partial charge in [-0.3, -0.25) is 52.7 Å². The second kappa shape index (κ2) is 37.4. The summed E-state index contributed by atoms with van der Waals surface area (Å²) in [7, 11) is 2.02. The lowest BCUT2D eigenvalue weighted by molar-refractivity contribution is -0.175. The number of carbonyl (C=O) groups is 14. The zero-order valence-electron chi connectivity index (χ0n) is 54.4. The molecule has 0 saturated carbocycles. The van der Waals surface area contributed by atoms with E-state index < -0.39 is 176 Å². The van der Waals surface area contributed by atoms with Crippen LogP contribution >= 0.6 is 21.6 Å². The van der Waals surface area contributed by atoms with Crippen molar-refractivity contribution in [3.8, 4) is 11.4 Å². The van der Waals surface area contributed by atoms with Crippen molar-refractivity contribution < 1.29 is 106 Å². The van der Waals surface area contributed by atoms with Crippen LogP contribution in [0.1, 0.15) is 92.5 Å². The molecule has 0 spiro atoms. The molecule has 34 heteroatoms. The first kappa shape index (κ1) is 77.6. The summed E-state index contributed by atoms with van der Waals surface area (Å²) in [5, 5.41) is 53.4. The molecule has 0 aliphatic carbocycles. The monoisotopic (exact) mass is 1440 g/mol. The van der Waals surface area contributed by atoms with Crippen LogP contribution in [0.4, 0.5) is 9.59 Å². The fraction of sp³-hybridized carbons (Fsp3) is 0.403. The number of urea groups is 1. The van der Waals surface area contributed by atoms with Crippen LogP contribution in [0.15, 0.2) is 102 Å². The van der Waals surface area contributed by atoms with Crippen molar-refractivity contribution in [1.29, 1.82) is 0 Å².